The van der Waals surface area contributed by atoms with Crippen LogP contribution in [0, 0.1) is 0 Å². The Bertz CT molecular complexity index is 493. The highest BCUT2D eigenvalue weighted by Gasteiger charge is 2.42. The molecule has 4 nitrogen and oxygen atoms in total. The summed E-state index contributed by atoms with van der Waals surface area (Å²) in [6.45, 7) is 0.501. The number of nitrogens with one attached hydrogen (secondary N) is 1. The van der Waals surface area contributed by atoms with E-state index in [9.17, 15) is 8.42 Å². The first kappa shape index (κ1) is 12.7. The summed E-state index contributed by atoms with van der Waals surface area (Å²) in [4.78, 5) is 0.267. The van der Waals surface area contributed by atoms with Crippen LogP contribution in [-0.4, -0.2) is 26.0 Å². The first-order valence-electron chi connectivity index (χ1n) is 5.38. The van der Waals surface area contributed by atoms with Gasteiger partial charge in [-0.05, 0) is 43.4 Å². The van der Waals surface area contributed by atoms with Gasteiger partial charge < -0.3 is 5.73 Å². The molecule has 0 aromatic heterocycles. The van der Waals surface area contributed by atoms with Gasteiger partial charge in [0.2, 0.25) is 10.0 Å². The zero-order valence-corrected chi connectivity index (χ0v) is 11.3. The molecular weight excluding hydrogens is 256 g/mol. The number of benzene rings is 1. The van der Waals surface area contributed by atoms with E-state index in [1.165, 1.54) is 12.1 Å². The number of hydrogen-bond acceptors (Lipinski definition) is 4. The largest absolute Gasteiger partial charge is 0.399 e. The summed E-state index contributed by atoms with van der Waals surface area (Å²) in [6.07, 6.45) is 4.18. The van der Waals surface area contributed by atoms with Crippen molar-refractivity contribution in [2.24, 2.45) is 0 Å². The molecule has 1 aromatic rings. The van der Waals surface area contributed by atoms with Gasteiger partial charge in [0.1, 0.15) is 0 Å². The second-order valence-corrected chi connectivity index (χ2v) is 7.32. The van der Waals surface area contributed by atoms with Crippen LogP contribution in [0.1, 0.15) is 12.8 Å². The molecule has 0 bridgehead atoms. The SMILES string of the molecule is CSC1(CNS(=O)(=O)c2ccc(N)cc2)CC1. The van der Waals surface area contributed by atoms with Crippen molar-refractivity contribution >= 4 is 27.5 Å². The maximum absolute atomic E-state index is 12.0. The van der Waals surface area contributed by atoms with Crippen LogP contribution in [0.25, 0.3) is 0 Å². The van der Waals surface area contributed by atoms with Crippen LogP contribution >= 0.6 is 11.8 Å². The first-order chi connectivity index (χ1) is 7.97. The summed E-state index contributed by atoms with van der Waals surface area (Å²) in [6, 6.07) is 6.23. The van der Waals surface area contributed by atoms with Gasteiger partial charge >= 0.3 is 0 Å². The van der Waals surface area contributed by atoms with E-state index in [2.05, 4.69) is 4.72 Å². The molecule has 2 rings (SSSR count). The molecule has 1 saturated carbocycles. The van der Waals surface area contributed by atoms with Crippen molar-refractivity contribution in [3.05, 3.63) is 24.3 Å². The Kier molecular flexibility index (Phi) is 3.38. The highest BCUT2D eigenvalue weighted by atomic mass is 32.2. The van der Waals surface area contributed by atoms with Gasteiger partial charge in [0.15, 0.2) is 0 Å². The van der Waals surface area contributed by atoms with Gasteiger partial charge in [-0.25, -0.2) is 13.1 Å². The third-order valence-corrected chi connectivity index (χ3v) is 5.85. The molecule has 3 N–H and O–H groups in total. The molecular formula is C11H16N2O2S2. The number of anilines is 1. The predicted molar refractivity (Wildman–Crippen MR) is 71.5 cm³/mol. The molecule has 6 heteroatoms. The van der Waals surface area contributed by atoms with Crippen molar-refractivity contribution in [2.75, 3.05) is 18.5 Å². The molecule has 94 valence electrons. The Hall–Kier alpha value is -0.720. The molecule has 0 atom stereocenters. The fourth-order valence-corrected chi connectivity index (χ4v) is 3.49. The highest BCUT2D eigenvalue weighted by molar-refractivity contribution is 8.00. The summed E-state index contributed by atoms with van der Waals surface area (Å²) < 4.78 is 26.7. The molecule has 0 saturated heterocycles. The Morgan fingerprint density at radius 3 is 2.41 bits per heavy atom. The van der Waals surface area contributed by atoms with Crippen molar-refractivity contribution in [2.45, 2.75) is 22.5 Å². The lowest BCUT2D eigenvalue weighted by atomic mass is 10.3. The predicted octanol–water partition coefficient (Wildman–Crippen LogP) is 1.44. The van der Waals surface area contributed by atoms with Crippen LogP contribution in [-0.2, 0) is 10.0 Å². The van der Waals surface area contributed by atoms with E-state index in [0.29, 0.717) is 12.2 Å². The van der Waals surface area contributed by atoms with Gasteiger partial charge in [-0.2, -0.15) is 11.8 Å². The normalized spacial score (nSPS) is 17.9. The van der Waals surface area contributed by atoms with Crippen LogP contribution in [0.4, 0.5) is 5.69 Å². The Morgan fingerprint density at radius 1 is 1.35 bits per heavy atom. The Labute approximate surface area is 106 Å². The topological polar surface area (TPSA) is 72.2 Å². The van der Waals surface area contributed by atoms with E-state index in [-0.39, 0.29) is 9.64 Å². The molecule has 0 heterocycles. The fourth-order valence-electron chi connectivity index (χ4n) is 1.55. The van der Waals surface area contributed by atoms with Crippen LogP contribution < -0.4 is 10.5 Å². The maximum atomic E-state index is 12.0. The lowest BCUT2D eigenvalue weighted by Crippen LogP contribution is -2.31. The lowest BCUT2D eigenvalue weighted by Gasteiger charge is -2.13. The van der Waals surface area contributed by atoms with Gasteiger partial charge in [-0.1, -0.05) is 0 Å². The number of nitrogen functional groups attached to an aromatic ring is 1. The zero-order chi connectivity index (χ0) is 12.5. The summed E-state index contributed by atoms with van der Waals surface area (Å²) in [5, 5.41) is 0. The molecule has 1 aliphatic carbocycles. The molecule has 1 fully saturated rings. The Balaban J connectivity index is 2.06. The average molecular weight is 272 g/mol. The maximum Gasteiger partial charge on any atom is 0.240 e. The minimum absolute atomic E-state index is 0.126. The van der Waals surface area contributed by atoms with Gasteiger partial charge in [0, 0.05) is 17.0 Å². The molecule has 0 aliphatic heterocycles. The van der Waals surface area contributed by atoms with E-state index >= 15 is 0 Å². The molecule has 17 heavy (non-hydrogen) atoms. The first-order valence-corrected chi connectivity index (χ1v) is 8.09. The van der Waals surface area contributed by atoms with Crippen molar-refractivity contribution in [1.82, 2.24) is 4.72 Å². The molecule has 0 unspecified atom stereocenters. The number of nitrogens with two attached hydrogens (primary N) is 1. The monoisotopic (exact) mass is 272 g/mol. The number of rotatable bonds is 5. The van der Waals surface area contributed by atoms with Gasteiger partial charge in [-0.3, -0.25) is 0 Å². The van der Waals surface area contributed by atoms with Gasteiger partial charge in [0.05, 0.1) is 4.90 Å². The molecule has 0 spiro atoms. The average Bonchev–Trinajstić information content (AvgIpc) is 3.08. The third-order valence-electron chi connectivity index (χ3n) is 3.02. The van der Waals surface area contributed by atoms with Crippen LogP contribution in [0.15, 0.2) is 29.2 Å². The summed E-state index contributed by atoms with van der Waals surface area (Å²) in [5.74, 6) is 0. The molecule has 0 amide bonds. The zero-order valence-electron chi connectivity index (χ0n) is 9.64. The quantitative estimate of drug-likeness (QED) is 0.796. The minimum atomic E-state index is -3.40. The van der Waals surface area contributed by atoms with Gasteiger partial charge in [-0.15, -0.1) is 0 Å². The van der Waals surface area contributed by atoms with Gasteiger partial charge in [0.25, 0.3) is 0 Å². The van der Waals surface area contributed by atoms with Crippen LogP contribution in [0.3, 0.4) is 0 Å². The summed E-state index contributed by atoms with van der Waals surface area (Å²) >= 11 is 1.73. The molecule has 1 aliphatic rings. The van der Waals surface area contributed by atoms with E-state index in [0.717, 1.165) is 12.8 Å². The number of hydrogen-bond donors (Lipinski definition) is 2. The fraction of sp³-hybridized carbons (Fsp3) is 0.455. The Morgan fingerprint density at radius 2 is 1.94 bits per heavy atom. The number of sulfonamides is 1. The highest BCUT2D eigenvalue weighted by Crippen LogP contribution is 2.46. The second-order valence-electron chi connectivity index (χ2n) is 4.28. The summed E-state index contributed by atoms with van der Waals surface area (Å²) in [7, 11) is -3.40. The standard InChI is InChI=1S/C11H16N2O2S2/c1-16-11(6-7-11)8-13-17(14,15)10-4-2-9(12)3-5-10/h2-5,13H,6-8,12H2,1H3. The minimum Gasteiger partial charge on any atom is -0.399 e. The third kappa shape index (κ3) is 2.94. The van der Waals surface area contributed by atoms with Crippen LogP contribution in [0.2, 0.25) is 0 Å². The van der Waals surface area contributed by atoms with E-state index < -0.39 is 10.0 Å². The lowest BCUT2D eigenvalue weighted by molar-refractivity contribution is 0.580. The van der Waals surface area contributed by atoms with E-state index in [1.54, 1.807) is 23.9 Å². The van der Waals surface area contributed by atoms with Crippen molar-refractivity contribution in [3.8, 4) is 0 Å². The molecule has 0 radical (unpaired) electrons. The van der Waals surface area contributed by atoms with Crippen LogP contribution in [0.5, 0.6) is 0 Å². The smallest absolute Gasteiger partial charge is 0.240 e. The second kappa shape index (κ2) is 4.51. The molecule has 1 aromatic carbocycles. The summed E-state index contributed by atoms with van der Waals surface area (Å²) in [5.41, 5.74) is 6.09. The van der Waals surface area contributed by atoms with E-state index in [1.807, 2.05) is 6.26 Å². The van der Waals surface area contributed by atoms with Crippen molar-refractivity contribution in [1.29, 1.82) is 0 Å². The number of thioether (sulfide) groups is 1. The van der Waals surface area contributed by atoms with E-state index in [4.69, 9.17) is 5.73 Å². The van der Waals surface area contributed by atoms with Crippen molar-refractivity contribution < 1.29 is 8.42 Å². The van der Waals surface area contributed by atoms with Crippen molar-refractivity contribution in [3.63, 3.8) is 0 Å².